The largest absolute Gasteiger partial charge is 0.505 e. The standard InChI is InChI=1S/C17H21Cl2NO4/c1-10(16(22)20(2)12-6-4-3-5-7-12)24-17(23)11-8-13(18)15(21)14(19)9-11/h8-10,12,21H,3-7H2,1-2H3. The third-order valence-electron chi connectivity index (χ3n) is 4.35. The minimum absolute atomic E-state index is 0.0484. The summed E-state index contributed by atoms with van der Waals surface area (Å²) in [6, 6.07) is 2.71. The van der Waals surface area contributed by atoms with Gasteiger partial charge in [-0.25, -0.2) is 4.79 Å². The molecular weight excluding hydrogens is 353 g/mol. The van der Waals surface area contributed by atoms with Crippen molar-refractivity contribution in [3.05, 3.63) is 27.7 Å². The molecule has 0 aromatic heterocycles. The van der Waals surface area contributed by atoms with Crippen molar-refractivity contribution in [2.45, 2.75) is 51.2 Å². The Morgan fingerprint density at radius 2 is 1.75 bits per heavy atom. The van der Waals surface area contributed by atoms with Crippen LogP contribution in [0, 0.1) is 0 Å². The van der Waals surface area contributed by atoms with Crippen LogP contribution in [-0.2, 0) is 9.53 Å². The number of benzene rings is 1. The summed E-state index contributed by atoms with van der Waals surface area (Å²) in [6.45, 7) is 1.54. The SMILES string of the molecule is CC(OC(=O)c1cc(Cl)c(O)c(Cl)c1)C(=O)N(C)C1CCCCC1. The van der Waals surface area contributed by atoms with Crippen LogP contribution in [0.4, 0.5) is 0 Å². The van der Waals surface area contributed by atoms with Gasteiger partial charge in [0.1, 0.15) is 0 Å². The summed E-state index contributed by atoms with van der Waals surface area (Å²) in [7, 11) is 1.75. The molecule has 1 aromatic rings. The van der Waals surface area contributed by atoms with Gasteiger partial charge in [-0.1, -0.05) is 42.5 Å². The predicted molar refractivity (Wildman–Crippen MR) is 92.6 cm³/mol. The van der Waals surface area contributed by atoms with Crippen LogP contribution in [-0.4, -0.2) is 41.1 Å². The quantitative estimate of drug-likeness (QED) is 0.808. The summed E-state index contributed by atoms with van der Waals surface area (Å²) in [5.74, 6) is -1.24. The molecular formula is C17H21Cl2NO4. The van der Waals surface area contributed by atoms with Crippen molar-refractivity contribution in [2.75, 3.05) is 7.05 Å². The minimum Gasteiger partial charge on any atom is -0.505 e. The molecule has 2 rings (SSSR count). The Hall–Kier alpha value is -1.46. The van der Waals surface area contributed by atoms with Crippen LogP contribution in [0.1, 0.15) is 49.4 Å². The third-order valence-corrected chi connectivity index (χ3v) is 4.93. The molecule has 1 unspecified atom stereocenters. The van der Waals surface area contributed by atoms with E-state index in [4.69, 9.17) is 27.9 Å². The van der Waals surface area contributed by atoms with Crippen LogP contribution in [0.15, 0.2) is 12.1 Å². The van der Waals surface area contributed by atoms with Gasteiger partial charge < -0.3 is 14.7 Å². The Labute approximate surface area is 151 Å². The number of phenols is 1. The zero-order chi connectivity index (χ0) is 17.9. The zero-order valence-corrected chi connectivity index (χ0v) is 15.2. The van der Waals surface area contributed by atoms with Gasteiger partial charge in [-0.05, 0) is 31.9 Å². The number of carbonyl (C=O) groups is 2. The highest BCUT2D eigenvalue weighted by molar-refractivity contribution is 6.37. The number of phenolic OH excluding ortho intramolecular Hbond substituents is 1. The zero-order valence-electron chi connectivity index (χ0n) is 13.7. The van der Waals surface area contributed by atoms with E-state index in [1.807, 2.05) is 0 Å². The number of ether oxygens (including phenoxy) is 1. The second kappa shape index (κ2) is 8.08. The van der Waals surface area contributed by atoms with Gasteiger partial charge in [-0.2, -0.15) is 0 Å². The average molecular weight is 374 g/mol. The topological polar surface area (TPSA) is 66.8 Å². The molecule has 0 bridgehead atoms. The first-order valence-electron chi connectivity index (χ1n) is 7.97. The Morgan fingerprint density at radius 3 is 2.29 bits per heavy atom. The summed E-state index contributed by atoms with van der Waals surface area (Å²) >= 11 is 11.6. The number of nitrogens with zero attached hydrogens (tertiary/aromatic N) is 1. The first-order valence-corrected chi connectivity index (χ1v) is 8.72. The van der Waals surface area contributed by atoms with Crippen LogP contribution in [0.2, 0.25) is 10.0 Å². The van der Waals surface area contributed by atoms with E-state index in [0.717, 1.165) is 25.7 Å². The molecule has 1 atom stereocenters. The van der Waals surface area contributed by atoms with Gasteiger partial charge in [0.15, 0.2) is 11.9 Å². The van der Waals surface area contributed by atoms with E-state index in [0.29, 0.717) is 0 Å². The smallest absolute Gasteiger partial charge is 0.339 e. The van der Waals surface area contributed by atoms with E-state index in [2.05, 4.69) is 0 Å². The van der Waals surface area contributed by atoms with E-state index >= 15 is 0 Å². The van der Waals surface area contributed by atoms with Gasteiger partial charge in [0.25, 0.3) is 5.91 Å². The van der Waals surface area contributed by atoms with E-state index in [1.165, 1.54) is 18.6 Å². The lowest BCUT2D eigenvalue weighted by Gasteiger charge is -2.32. The second-order valence-corrected chi connectivity index (χ2v) is 6.89. The van der Waals surface area contributed by atoms with Crippen molar-refractivity contribution in [2.24, 2.45) is 0 Å². The van der Waals surface area contributed by atoms with Crippen molar-refractivity contribution in [3.63, 3.8) is 0 Å². The highest BCUT2D eigenvalue weighted by Crippen LogP contribution is 2.33. The van der Waals surface area contributed by atoms with E-state index < -0.39 is 12.1 Å². The average Bonchev–Trinajstić information content (AvgIpc) is 2.58. The van der Waals surface area contributed by atoms with Crippen LogP contribution in [0.3, 0.4) is 0 Å². The Bertz CT molecular complexity index is 606. The van der Waals surface area contributed by atoms with Crippen molar-refractivity contribution >= 4 is 35.1 Å². The summed E-state index contributed by atoms with van der Waals surface area (Å²) in [5.41, 5.74) is 0.0859. The van der Waals surface area contributed by atoms with Crippen LogP contribution in [0.25, 0.3) is 0 Å². The lowest BCUT2D eigenvalue weighted by molar-refractivity contribution is -0.141. The molecule has 1 aromatic carbocycles. The first-order chi connectivity index (χ1) is 11.3. The number of carbonyl (C=O) groups excluding carboxylic acids is 2. The van der Waals surface area contributed by atoms with E-state index in [9.17, 15) is 14.7 Å². The molecule has 0 spiro atoms. The molecule has 1 saturated carbocycles. The molecule has 0 saturated heterocycles. The fraction of sp³-hybridized carbons (Fsp3) is 0.529. The van der Waals surface area contributed by atoms with Gasteiger partial charge in [-0.15, -0.1) is 0 Å². The van der Waals surface area contributed by atoms with Crippen molar-refractivity contribution in [3.8, 4) is 5.75 Å². The van der Waals surface area contributed by atoms with Gasteiger partial charge in [0.05, 0.1) is 15.6 Å². The van der Waals surface area contributed by atoms with Crippen molar-refractivity contribution in [1.29, 1.82) is 0 Å². The second-order valence-electron chi connectivity index (χ2n) is 6.08. The first kappa shape index (κ1) is 18.9. The Balaban J connectivity index is 2.01. The molecule has 132 valence electrons. The van der Waals surface area contributed by atoms with E-state index in [-0.39, 0.29) is 33.3 Å². The monoisotopic (exact) mass is 373 g/mol. The number of hydrogen-bond donors (Lipinski definition) is 1. The number of amides is 1. The van der Waals surface area contributed by atoms with Gasteiger partial charge in [0.2, 0.25) is 0 Å². The molecule has 5 nitrogen and oxygen atoms in total. The highest BCUT2D eigenvalue weighted by Gasteiger charge is 2.28. The van der Waals surface area contributed by atoms with Crippen LogP contribution in [0.5, 0.6) is 5.75 Å². The summed E-state index contributed by atoms with van der Waals surface area (Å²) in [5, 5.41) is 9.43. The maximum atomic E-state index is 12.5. The lowest BCUT2D eigenvalue weighted by atomic mass is 9.94. The number of esters is 1. The maximum absolute atomic E-state index is 12.5. The van der Waals surface area contributed by atoms with Gasteiger partial charge in [0, 0.05) is 13.1 Å². The van der Waals surface area contributed by atoms with Gasteiger partial charge >= 0.3 is 5.97 Å². The molecule has 1 amide bonds. The van der Waals surface area contributed by atoms with Crippen LogP contribution < -0.4 is 0 Å². The predicted octanol–water partition coefficient (Wildman–Crippen LogP) is 4.04. The molecule has 0 heterocycles. The Kier molecular flexibility index (Phi) is 6.35. The summed E-state index contributed by atoms with van der Waals surface area (Å²) < 4.78 is 5.23. The third kappa shape index (κ3) is 4.33. The van der Waals surface area contributed by atoms with Crippen LogP contribution >= 0.6 is 23.2 Å². The minimum atomic E-state index is -0.907. The normalized spacial score (nSPS) is 16.5. The number of rotatable bonds is 4. The van der Waals surface area contributed by atoms with Crippen molar-refractivity contribution in [1.82, 2.24) is 4.90 Å². The fourth-order valence-electron chi connectivity index (χ4n) is 2.90. The number of hydrogen-bond acceptors (Lipinski definition) is 4. The Morgan fingerprint density at radius 1 is 1.21 bits per heavy atom. The molecule has 1 aliphatic rings. The van der Waals surface area contributed by atoms with E-state index in [1.54, 1.807) is 18.9 Å². The van der Waals surface area contributed by atoms with Gasteiger partial charge in [-0.3, -0.25) is 4.79 Å². The summed E-state index contributed by atoms with van der Waals surface area (Å²) in [4.78, 5) is 26.3. The lowest BCUT2D eigenvalue weighted by Crippen LogP contribution is -2.44. The molecule has 1 N–H and O–H groups in total. The molecule has 7 heteroatoms. The molecule has 24 heavy (non-hydrogen) atoms. The highest BCUT2D eigenvalue weighted by atomic mass is 35.5. The fourth-order valence-corrected chi connectivity index (χ4v) is 3.38. The number of halogens is 2. The molecule has 1 fully saturated rings. The molecule has 1 aliphatic carbocycles. The number of aromatic hydroxyl groups is 1. The maximum Gasteiger partial charge on any atom is 0.339 e. The van der Waals surface area contributed by atoms with Crippen molar-refractivity contribution < 1.29 is 19.4 Å². The molecule has 0 aliphatic heterocycles. The molecule has 0 radical (unpaired) electrons. The number of likely N-dealkylation sites (N-methyl/N-ethyl adjacent to an activating group) is 1. The summed E-state index contributed by atoms with van der Waals surface area (Å²) in [6.07, 6.45) is 4.47.